The molecule has 2 aromatic rings. The molecule has 1 aliphatic rings. The second kappa shape index (κ2) is 3.85. The molecule has 90 valence electrons. The number of ketones is 1. The maximum Gasteiger partial charge on any atom is 0.214 e. The van der Waals surface area contributed by atoms with Crippen LogP contribution in [0.1, 0.15) is 22.8 Å². The molecule has 1 aliphatic heterocycles. The smallest absolute Gasteiger partial charge is 0.214 e. The molecule has 18 heavy (non-hydrogen) atoms. The number of rotatable bonds is 1. The molecule has 2 nitrogen and oxygen atoms in total. The molecule has 0 aliphatic carbocycles. The van der Waals surface area contributed by atoms with Crippen LogP contribution in [0.2, 0.25) is 5.02 Å². The first-order valence-corrected chi connectivity index (χ1v) is 6.08. The molecular weight excluding hydrogens is 248 g/mol. The van der Waals surface area contributed by atoms with Crippen LogP contribution >= 0.6 is 11.6 Å². The minimum atomic E-state index is -0.950. The Balaban J connectivity index is 2.09. The van der Waals surface area contributed by atoms with Crippen LogP contribution in [-0.4, -0.2) is 5.78 Å². The Morgan fingerprint density at radius 3 is 2.39 bits per heavy atom. The lowest BCUT2D eigenvalue weighted by Crippen LogP contribution is -2.33. The molecule has 1 heterocycles. The van der Waals surface area contributed by atoms with Gasteiger partial charge in [-0.05, 0) is 31.2 Å². The first-order chi connectivity index (χ1) is 8.61. The lowest BCUT2D eigenvalue weighted by Gasteiger charge is -2.22. The topological polar surface area (TPSA) is 26.3 Å². The van der Waals surface area contributed by atoms with Gasteiger partial charge in [0.15, 0.2) is 5.60 Å². The van der Waals surface area contributed by atoms with E-state index in [9.17, 15) is 4.79 Å². The molecular formula is C15H11ClO2. The summed E-state index contributed by atoms with van der Waals surface area (Å²) in [5, 5.41) is 0.644. The first kappa shape index (κ1) is 11.3. The lowest BCUT2D eigenvalue weighted by molar-refractivity contribution is 0.0619. The summed E-state index contributed by atoms with van der Waals surface area (Å²) in [6.07, 6.45) is 0. The third kappa shape index (κ3) is 1.53. The number of carbonyl (C=O) groups excluding carboxylic acids is 1. The molecule has 0 spiro atoms. The Morgan fingerprint density at radius 1 is 1.06 bits per heavy atom. The van der Waals surface area contributed by atoms with Crippen molar-refractivity contribution in [2.45, 2.75) is 12.5 Å². The Labute approximate surface area is 110 Å². The van der Waals surface area contributed by atoms with Gasteiger partial charge < -0.3 is 4.74 Å². The zero-order valence-electron chi connectivity index (χ0n) is 9.81. The number of hydrogen-bond acceptors (Lipinski definition) is 2. The minimum absolute atomic E-state index is 0.0135. The summed E-state index contributed by atoms with van der Waals surface area (Å²) >= 11 is 5.86. The molecule has 0 saturated carbocycles. The quantitative estimate of drug-likeness (QED) is 0.777. The second-order valence-corrected chi connectivity index (χ2v) is 4.90. The van der Waals surface area contributed by atoms with E-state index in [1.165, 1.54) is 0 Å². The molecule has 3 heteroatoms. The Kier molecular flexibility index (Phi) is 2.42. The maximum absolute atomic E-state index is 12.4. The fraction of sp³-hybridized carbons (Fsp3) is 0.133. The van der Waals surface area contributed by atoms with Crippen LogP contribution in [0.4, 0.5) is 0 Å². The molecule has 3 rings (SSSR count). The van der Waals surface area contributed by atoms with Crippen molar-refractivity contribution >= 4 is 17.4 Å². The summed E-state index contributed by atoms with van der Waals surface area (Å²) < 4.78 is 5.84. The predicted octanol–water partition coefficient (Wildman–Crippen LogP) is 3.83. The average molecular weight is 259 g/mol. The van der Waals surface area contributed by atoms with E-state index in [-0.39, 0.29) is 5.78 Å². The largest absolute Gasteiger partial charge is 0.474 e. The first-order valence-electron chi connectivity index (χ1n) is 5.70. The number of Topliss-reactive ketones (excluding diaryl/α,β-unsaturated/α-hetero) is 1. The molecule has 1 atom stereocenters. The highest BCUT2D eigenvalue weighted by atomic mass is 35.5. The summed E-state index contributed by atoms with van der Waals surface area (Å²) in [6.45, 7) is 1.79. The van der Waals surface area contributed by atoms with Gasteiger partial charge in [-0.3, -0.25) is 4.79 Å². The van der Waals surface area contributed by atoms with Gasteiger partial charge >= 0.3 is 0 Å². The highest BCUT2D eigenvalue weighted by molar-refractivity contribution is 6.30. The SMILES string of the molecule is CC1(c2ccc(Cl)cc2)Oc2ccccc2C1=O. The van der Waals surface area contributed by atoms with Crippen LogP contribution in [0.25, 0.3) is 0 Å². The molecule has 2 aromatic carbocycles. The van der Waals surface area contributed by atoms with Crippen molar-refractivity contribution in [3.63, 3.8) is 0 Å². The van der Waals surface area contributed by atoms with Crippen LogP contribution in [-0.2, 0) is 5.60 Å². The number of benzene rings is 2. The summed E-state index contributed by atoms with van der Waals surface area (Å²) in [5.74, 6) is 0.625. The highest BCUT2D eigenvalue weighted by Crippen LogP contribution is 2.40. The van der Waals surface area contributed by atoms with E-state index in [0.717, 1.165) is 5.56 Å². The second-order valence-electron chi connectivity index (χ2n) is 4.47. The van der Waals surface area contributed by atoms with Gasteiger partial charge in [-0.1, -0.05) is 35.9 Å². The van der Waals surface area contributed by atoms with Crippen LogP contribution in [0.15, 0.2) is 48.5 Å². The number of carbonyl (C=O) groups is 1. The Hall–Kier alpha value is -1.80. The van der Waals surface area contributed by atoms with Gasteiger partial charge in [-0.2, -0.15) is 0 Å². The van der Waals surface area contributed by atoms with E-state index >= 15 is 0 Å². The van der Waals surface area contributed by atoms with Crippen LogP contribution in [0.3, 0.4) is 0 Å². The number of hydrogen-bond donors (Lipinski definition) is 0. The monoisotopic (exact) mass is 258 g/mol. The number of para-hydroxylation sites is 1. The molecule has 0 N–H and O–H groups in total. The van der Waals surface area contributed by atoms with Gasteiger partial charge in [0, 0.05) is 10.6 Å². The molecule has 0 radical (unpaired) electrons. The summed E-state index contributed by atoms with van der Waals surface area (Å²) in [6, 6.07) is 14.5. The molecule has 0 amide bonds. The van der Waals surface area contributed by atoms with Crippen molar-refractivity contribution in [3.05, 3.63) is 64.7 Å². The summed E-state index contributed by atoms with van der Waals surface area (Å²) in [5.41, 5.74) is 0.497. The lowest BCUT2D eigenvalue weighted by atomic mass is 9.90. The zero-order chi connectivity index (χ0) is 12.8. The molecule has 1 unspecified atom stereocenters. The van der Waals surface area contributed by atoms with Crippen LogP contribution in [0, 0.1) is 0 Å². The van der Waals surface area contributed by atoms with Gasteiger partial charge in [-0.15, -0.1) is 0 Å². The third-order valence-electron chi connectivity index (χ3n) is 3.27. The maximum atomic E-state index is 12.4. The van der Waals surface area contributed by atoms with Crippen molar-refractivity contribution in [2.24, 2.45) is 0 Å². The van der Waals surface area contributed by atoms with E-state index < -0.39 is 5.60 Å². The van der Waals surface area contributed by atoms with Gasteiger partial charge in [-0.25, -0.2) is 0 Å². The van der Waals surface area contributed by atoms with Crippen molar-refractivity contribution in [1.29, 1.82) is 0 Å². The fourth-order valence-corrected chi connectivity index (χ4v) is 2.35. The third-order valence-corrected chi connectivity index (χ3v) is 3.53. The van der Waals surface area contributed by atoms with E-state index in [0.29, 0.717) is 16.3 Å². The van der Waals surface area contributed by atoms with Crippen molar-refractivity contribution in [3.8, 4) is 5.75 Å². The van der Waals surface area contributed by atoms with Crippen LogP contribution in [0.5, 0.6) is 5.75 Å². The van der Waals surface area contributed by atoms with E-state index in [4.69, 9.17) is 16.3 Å². The Bertz CT molecular complexity index is 619. The van der Waals surface area contributed by atoms with Crippen molar-refractivity contribution in [2.75, 3.05) is 0 Å². The summed E-state index contributed by atoms with van der Waals surface area (Å²) in [4.78, 5) is 12.4. The summed E-state index contributed by atoms with van der Waals surface area (Å²) in [7, 11) is 0. The molecule has 0 fully saturated rings. The van der Waals surface area contributed by atoms with Gasteiger partial charge in [0.2, 0.25) is 5.78 Å². The van der Waals surface area contributed by atoms with Gasteiger partial charge in [0.25, 0.3) is 0 Å². The van der Waals surface area contributed by atoms with E-state index in [1.54, 1.807) is 25.1 Å². The standard InChI is InChI=1S/C15H11ClO2/c1-15(10-6-8-11(16)9-7-10)14(17)12-4-2-3-5-13(12)18-15/h2-9H,1H3. The van der Waals surface area contributed by atoms with Gasteiger partial charge in [0.05, 0.1) is 5.56 Å². The fourth-order valence-electron chi connectivity index (χ4n) is 2.22. The number of ether oxygens (including phenoxy) is 1. The minimum Gasteiger partial charge on any atom is -0.474 e. The molecule has 0 bridgehead atoms. The number of halogens is 1. The molecule has 0 aromatic heterocycles. The van der Waals surface area contributed by atoms with E-state index in [2.05, 4.69) is 0 Å². The highest BCUT2D eigenvalue weighted by Gasteiger charge is 2.45. The normalized spacial score (nSPS) is 21.6. The molecule has 0 saturated heterocycles. The van der Waals surface area contributed by atoms with Crippen molar-refractivity contribution in [1.82, 2.24) is 0 Å². The van der Waals surface area contributed by atoms with Gasteiger partial charge in [0.1, 0.15) is 5.75 Å². The van der Waals surface area contributed by atoms with Crippen LogP contribution < -0.4 is 4.74 Å². The predicted molar refractivity (Wildman–Crippen MR) is 70.2 cm³/mol. The van der Waals surface area contributed by atoms with Crippen molar-refractivity contribution < 1.29 is 9.53 Å². The zero-order valence-corrected chi connectivity index (χ0v) is 10.6. The number of fused-ring (bicyclic) bond motifs is 1. The average Bonchev–Trinajstić information content (AvgIpc) is 2.64. The van der Waals surface area contributed by atoms with E-state index in [1.807, 2.05) is 30.3 Å². The Morgan fingerprint density at radius 2 is 1.72 bits per heavy atom.